The quantitative estimate of drug-likeness (QED) is 0.545. The molecule has 0 unspecified atom stereocenters. The van der Waals surface area contributed by atoms with Crippen molar-refractivity contribution in [3.63, 3.8) is 0 Å². The Balaban J connectivity index is 0. The lowest BCUT2D eigenvalue weighted by Crippen LogP contribution is -2.06. The molecule has 80 valence electrons. The van der Waals surface area contributed by atoms with Crippen LogP contribution in [0.2, 0.25) is 0 Å². The van der Waals surface area contributed by atoms with Crippen molar-refractivity contribution in [3.8, 4) is 0 Å². The molecule has 0 bridgehead atoms. The fourth-order valence-electron chi connectivity index (χ4n) is 0.694. The van der Waals surface area contributed by atoms with Gasteiger partial charge in [-0.1, -0.05) is 19.8 Å². The van der Waals surface area contributed by atoms with E-state index in [1.54, 1.807) is 0 Å². The van der Waals surface area contributed by atoms with Crippen molar-refractivity contribution in [1.82, 2.24) is 0 Å². The molecule has 13 heavy (non-hydrogen) atoms. The molecule has 0 fully saturated rings. The van der Waals surface area contributed by atoms with Gasteiger partial charge in [-0.3, -0.25) is 4.79 Å². The molecule has 0 aromatic rings. The Morgan fingerprint density at radius 3 is 2.00 bits per heavy atom. The Bertz CT molecular complexity index is 107. The molecule has 0 aliphatic heterocycles. The number of hydrogen-bond acceptors (Lipinski definition) is 3. The third-order valence-corrected chi connectivity index (χ3v) is 1.16. The number of carbonyl (C=O) groups excluding carboxylic acids is 1. The maximum absolute atomic E-state index is 10.0. The standard InChI is InChI=1S/C5H10O2.C5H12O/c1-4(2)7-5(3)6;1-2-3-4-5-6/h4H,1-3H3;6H,2-5H2,1H3. The van der Waals surface area contributed by atoms with Crippen molar-refractivity contribution >= 4 is 5.97 Å². The zero-order valence-electron chi connectivity index (χ0n) is 9.17. The first-order valence-electron chi connectivity index (χ1n) is 4.82. The van der Waals surface area contributed by atoms with Crippen molar-refractivity contribution in [2.24, 2.45) is 0 Å². The highest BCUT2D eigenvalue weighted by Gasteiger charge is 1.93. The molecule has 0 amide bonds. The van der Waals surface area contributed by atoms with Gasteiger partial charge in [0.25, 0.3) is 0 Å². The van der Waals surface area contributed by atoms with E-state index in [4.69, 9.17) is 5.11 Å². The summed E-state index contributed by atoms with van der Waals surface area (Å²) >= 11 is 0. The molecule has 3 heteroatoms. The number of carbonyl (C=O) groups is 1. The molecule has 3 nitrogen and oxygen atoms in total. The van der Waals surface area contributed by atoms with Crippen LogP contribution in [0.4, 0.5) is 0 Å². The van der Waals surface area contributed by atoms with E-state index in [1.807, 2.05) is 13.8 Å². The minimum Gasteiger partial charge on any atom is -0.463 e. The van der Waals surface area contributed by atoms with Gasteiger partial charge in [-0.15, -0.1) is 0 Å². The topological polar surface area (TPSA) is 46.5 Å². The first-order valence-corrected chi connectivity index (χ1v) is 4.82. The molecule has 0 saturated heterocycles. The number of esters is 1. The van der Waals surface area contributed by atoms with Crippen molar-refractivity contribution < 1.29 is 14.6 Å². The predicted molar refractivity (Wildman–Crippen MR) is 53.5 cm³/mol. The Kier molecular flexibility index (Phi) is 13.1. The molecule has 0 rings (SSSR count). The fourth-order valence-corrected chi connectivity index (χ4v) is 0.694. The SMILES string of the molecule is CC(=O)OC(C)C.CCCCCO. The molecule has 0 atom stereocenters. The van der Waals surface area contributed by atoms with Crippen LogP contribution in [0.5, 0.6) is 0 Å². The molecular weight excluding hydrogens is 168 g/mol. The maximum Gasteiger partial charge on any atom is 0.302 e. The van der Waals surface area contributed by atoms with Gasteiger partial charge in [-0.25, -0.2) is 0 Å². The highest BCUT2D eigenvalue weighted by Crippen LogP contribution is 1.89. The van der Waals surface area contributed by atoms with E-state index in [0.717, 1.165) is 12.8 Å². The summed E-state index contributed by atoms with van der Waals surface area (Å²) in [5.41, 5.74) is 0. The third kappa shape index (κ3) is 24.6. The summed E-state index contributed by atoms with van der Waals surface area (Å²) in [4.78, 5) is 10.0. The van der Waals surface area contributed by atoms with Crippen molar-refractivity contribution in [2.75, 3.05) is 6.61 Å². The summed E-state index contributed by atoms with van der Waals surface area (Å²) in [5, 5.41) is 8.20. The average molecular weight is 190 g/mol. The Morgan fingerprint density at radius 1 is 1.38 bits per heavy atom. The number of hydrogen-bond donors (Lipinski definition) is 1. The first kappa shape index (κ1) is 14.9. The number of aliphatic hydroxyl groups is 1. The van der Waals surface area contributed by atoms with Crippen LogP contribution in [0, 0.1) is 0 Å². The highest BCUT2D eigenvalue weighted by atomic mass is 16.5. The lowest BCUT2D eigenvalue weighted by molar-refractivity contribution is -0.144. The van der Waals surface area contributed by atoms with E-state index >= 15 is 0 Å². The van der Waals surface area contributed by atoms with Crippen LogP contribution in [0.15, 0.2) is 0 Å². The van der Waals surface area contributed by atoms with Crippen LogP contribution >= 0.6 is 0 Å². The second-order valence-corrected chi connectivity index (χ2v) is 3.09. The molecule has 1 N–H and O–H groups in total. The summed E-state index contributed by atoms with van der Waals surface area (Å²) in [6.45, 7) is 7.52. The molecular formula is C10H22O3. The Labute approximate surface area is 81.1 Å². The smallest absolute Gasteiger partial charge is 0.302 e. The van der Waals surface area contributed by atoms with Crippen LogP contribution in [0.25, 0.3) is 0 Å². The van der Waals surface area contributed by atoms with E-state index in [1.165, 1.54) is 13.3 Å². The van der Waals surface area contributed by atoms with Gasteiger partial charge in [0, 0.05) is 13.5 Å². The molecule has 0 saturated carbocycles. The zero-order valence-corrected chi connectivity index (χ0v) is 9.17. The first-order chi connectivity index (χ1) is 6.04. The normalized spacial score (nSPS) is 9.08. The fraction of sp³-hybridized carbons (Fsp3) is 0.900. The Morgan fingerprint density at radius 2 is 1.92 bits per heavy atom. The van der Waals surface area contributed by atoms with Crippen LogP contribution in [-0.2, 0) is 9.53 Å². The van der Waals surface area contributed by atoms with Crippen LogP contribution in [-0.4, -0.2) is 23.8 Å². The lowest BCUT2D eigenvalue weighted by Gasteiger charge is -2.01. The van der Waals surface area contributed by atoms with Gasteiger partial charge in [-0.05, 0) is 20.3 Å². The molecule has 0 aromatic carbocycles. The predicted octanol–water partition coefficient (Wildman–Crippen LogP) is 2.13. The lowest BCUT2D eigenvalue weighted by atomic mass is 10.3. The van der Waals surface area contributed by atoms with E-state index in [2.05, 4.69) is 11.7 Å². The minimum atomic E-state index is -0.213. The van der Waals surface area contributed by atoms with Crippen molar-refractivity contribution in [1.29, 1.82) is 0 Å². The summed E-state index contributed by atoms with van der Waals surface area (Å²) in [6, 6.07) is 0. The maximum atomic E-state index is 10.0. The van der Waals surface area contributed by atoms with E-state index in [0.29, 0.717) is 6.61 Å². The van der Waals surface area contributed by atoms with E-state index in [9.17, 15) is 4.79 Å². The van der Waals surface area contributed by atoms with Crippen LogP contribution in [0.1, 0.15) is 47.0 Å². The average Bonchev–Trinajstić information content (AvgIpc) is 1.99. The largest absolute Gasteiger partial charge is 0.463 e. The van der Waals surface area contributed by atoms with Crippen LogP contribution < -0.4 is 0 Å². The molecule has 0 radical (unpaired) electrons. The van der Waals surface area contributed by atoms with Gasteiger partial charge in [0.05, 0.1) is 6.10 Å². The number of rotatable bonds is 4. The van der Waals surface area contributed by atoms with Crippen molar-refractivity contribution in [2.45, 2.75) is 53.1 Å². The molecule has 0 aliphatic rings. The van der Waals surface area contributed by atoms with Gasteiger partial charge in [0.1, 0.15) is 0 Å². The number of ether oxygens (including phenoxy) is 1. The summed E-state index contributed by atoms with van der Waals surface area (Å²) in [6.07, 6.45) is 3.35. The van der Waals surface area contributed by atoms with Gasteiger partial charge in [0.15, 0.2) is 0 Å². The zero-order chi connectivity index (χ0) is 10.7. The van der Waals surface area contributed by atoms with Gasteiger partial charge < -0.3 is 9.84 Å². The van der Waals surface area contributed by atoms with E-state index < -0.39 is 0 Å². The molecule has 0 spiro atoms. The highest BCUT2D eigenvalue weighted by molar-refractivity contribution is 5.66. The summed E-state index contributed by atoms with van der Waals surface area (Å²) in [7, 11) is 0. The summed E-state index contributed by atoms with van der Waals surface area (Å²) in [5.74, 6) is -0.213. The second-order valence-electron chi connectivity index (χ2n) is 3.09. The third-order valence-electron chi connectivity index (χ3n) is 1.16. The van der Waals surface area contributed by atoms with Gasteiger partial charge in [0.2, 0.25) is 0 Å². The minimum absolute atomic E-state index is 0.0255. The molecule has 0 aliphatic carbocycles. The summed E-state index contributed by atoms with van der Waals surface area (Å²) < 4.78 is 4.61. The second kappa shape index (κ2) is 11.4. The van der Waals surface area contributed by atoms with Gasteiger partial charge >= 0.3 is 5.97 Å². The Hall–Kier alpha value is -0.570. The monoisotopic (exact) mass is 190 g/mol. The number of aliphatic hydroxyl groups excluding tert-OH is 1. The molecule has 0 heterocycles. The molecule has 0 aromatic heterocycles. The van der Waals surface area contributed by atoms with Gasteiger partial charge in [-0.2, -0.15) is 0 Å². The number of unbranched alkanes of at least 4 members (excludes halogenated alkanes) is 2. The van der Waals surface area contributed by atoms with Crippen molar-refractivity contribution in [3.05, 3.63) is 0 Å². The van der Waals surface area contributed by atoms with Crippen LogP contribution in [0.3, 0.4) is 0 Å². The van der Waals surface area contributed by atoms with E-state index in [-0.39, 0.29) is 12.1 Å².